The van der Waals surface area contributed by atoms with Gasteiger partial charge in [-0.15, -0.1) is 21.5 Å². The lowest BCUT2D eigenvalue weighted by atomic mass is 10.1. The van der Waals surface area contributed by atoms with Crippen LogP contribution in [0.1, 0.15) is 11.1 Å². The Labute approximate surface area is 186 Å². The van der Waals surface area contributed by atoms with Gasteiger partial charge in [0.15, 0.2) is 9.47 Å². The van der Waals surface area contributed by atoms with E-state index < -0.39 is 0 Å². The number of anilines is 3. The highest BCUT2D eigenvalue weighted by Crippen LogP contribution is 2.34. The van der Waals surface area contributed by atoms with Crippen LogP contribution in [-0.2, 0) is 4.79 Å². The van der Waals surface area contributed by atoms with Crippen LogP contribution in [0, 0.1) is 13.8 Å². The van der Waals surface area contributed by atoms with E-state index >= 15 is 0 Å². The molecule has 9 heteroatoms. The zero-order valence-electron chi connectivity index (χ0n) is 16.4. The van der Waals surface area contributed by atoms with E-state index in [1.807, 2.05) is 48.7 Å². The average molecular weight is 454 g/mol. The topological polar surface area (TPSA) is 85.0 Å². The van der Waals surface area contributed by atoms with Crippen LogP contribution in [0.25, 0.3) is 11.3 Å². The summed E-state index contributed by atoms with van der Waals surface area (Å²) < 4.78 is 0.671. The molecule has 0 bridgehead atoms. The molecule has 0 aliphatic carbocycles. The Balaban J connectivity index is 1.63. The summed E-state index contributed by atoms with van der Waals surface area (Å²) in [6.45, 7) is 4.06. The third-order valence-electron chi connectivity index (χ3n) is 4.28. The van der Waals surface area contributed by atoms with Crippen LogP contribution in [-0.4, -0.2) is 26.8 Å². The molecule has 152 valence electrons. The van der Waals surface area contributed by atoms with Crippen LogP contribution < -0.4 is 10.6 Å². The molecule has 2 heterocycles. The van der Waals surface area contributed by atoms with Crippen molar-refractivity contribution >= 4 is 56.3 Å². The number of nitrogens with zero attached hydrogens (tertiary/aromatic N) is 4. The molecule has 0 aliphatic heterocycles. The SMILES string of the molecule is Cc1ccc(-c2csc(N(C(=O)CSc3nnc(N)s3)c3cccc(C)c3)n2)cc1. The third kappa shape index (κ3) is 4.69. The summed E-state index contributed by atoms with van der Waals surface area (Å²) in [5.74, 6) is 0.131. The number of carbonyl (C=O) groups is 1. The largest absolute Gasteiger partial charge is 0.374 e. The first-order chi connectivity index (χ1) is 14.5. The number of nitrogen functional groups attached to an aromatic ring is 1. The Morgan fingerprint density at radius 1 is 1.10 bits per heavy atom. The highest BCUT2D eigenvalue weighted by atomic mass is 32.2. The van der Waals surface area contributed by atoms with Crippen LogP contribution in [0.5, 0.6) is 0 Å². The number of nitrogens with two attached hydrogens (primary N) is 1. The van der Waals surface area contributed by atoms with Crippen LogP contribution in [0.3, 0.4) is 0 Å². The molecule has 0 saturated heterocycles. The molecule has 6 nitrogen and oxygen atoms in total. The van der Waals surface area contributed by atoms with E-state index in [-0.39, 0.29) is 11.7 Å². The lowest BCUT2D eigenvalue weighted by molar-refractivity contribution is -0.115. The normalized spacial score (nSPS) is 10.9. The Kier molecular flexibility index (Phi) is 6.12. The standard InChI is InChI=1S/C21H19N5OS3/c1-13-6-8-15(9-7-13)17-11-28-20(23-17)26(16-5-3-4-14(2)10-16)18(27)12-29-21-25-24-19(22)30-21/h3-11H,12H2,1-2H3,(H2,22,24). The maximum Gasteiger partial charge on any atom is 0.243 e. The first-order valence-electron chi connectivity index (χ1n) is 9.13. The van der Waals surface area contributed by atoms with E-state index in [0.717, 1.165) is 22.5 Å². The van der Waals surface area contributed by atoms with Gasteiger partial charge in [-0.3, -0.25) is 9.69 Å². The number of hydrogen-bond donors (Lipinski definition) is 1. The van der Waals surface area contributed by atoms with Crippen molar-refractivity contribution in [3.63, 3.8) is 0 Å². The molecule has 4 rings (SSSR count). The molecule has 1 amide bonds. The molecule has 2 aromatic heterocycles. The molecule has 0 aliphatic rings. The summed E-state index contributed by atoms with van der Waals surface area (Å²) in [5.41, 5.74) is 10.6. The van der Waals surface area contributed by atoms with Gasteiger partial charge in [-0.1, -0.05) is 65.1 Å². The van der Waals surface area contributed by atoms with Crippen LogP contribution in [0.4, 0.5) is 16.0 Å². The molecule has 0 radical (unpaired) electrons. The number of thiazole rings is 1. The highest BCUT2D eigenvalue weighted by Gasteiger charge is 2.22. The number of aromatic nitrogens is 3. The van der Waals surface area contributed by atoms with Gasteiger partial charge < -0.3 is 5.73 Å². The second-order valence-electron chi connectivity index (χ2n) is 6.64. The molecular formula is C21H19N5OS3. The van der Waals surface area contributed by atoms with Crippen molar-refractivity contribution < 1.29 is 4.79 Å². The number of thioether (sulfide) groups is 1. The fourth-order valence-electron chi connectivity index (χ4n) is 2.82. The van der Waals surface area contributed by atoms with E-state index in [2.05, 4.69) is 29.3 Å². The lowest BCUT2D eigenvalue weighted by Gasteiger charge is -2.20. The maximum absolute atomic E-state index is 13.2. The fraction of sp³-hybridized carbons (Fsp3) is 0.143. The van der Waals surface area contributed by atoms with Crippen molar-refractivity contribution in [2.24, 2.45) is 0 Å². The van der Waals surface area contributed by atoms with Crippen molar-refractivity contribution in [2.75, 3.05) is 16.4 Å². The van der Waals surface area contributed by atoms with Crippen LogP contribution in [0.15, 0.2) is 58.3 Å². The smallest absolute Gasteiger partial charge is 0.243 e. The predicted octanol–water partition coefficient (Wildman–Crippen LogP) is 5.32. The van der Waals surface area contributed by atoms with Gasteiger partial charge in [-0.05, 0) is 31.5 Å². The molecule has 0 unspecified atom stereocenters. The summed E-state index contributed by atoms with van der Waals surface area (Å²) in [5, 5.41) is 10.8. The monoisotopic (exact) mass is 453 g/mol. The predicted molar refractivity (Wildman–Crippen MR) is 126 cm³/mol. The van der Waals surface area contributed by atoms with Gasteiger partial charge in [0, 0.05) is 10.9 Å². The molecule has 0 atom stereocenters. The summed E-state index contributed by atoms with van der Waals surface area (Å²) in [4.78, 5) is 19.7. The summed E-state index contributed by atoms with van der Waals surface area (Å²) in [7, 11) is 0. The van der Waals surface area contributed by atoms with Gasteiger partial charge in [-0.25, -0.2) is 4.98 Å². The molecular weight excluding hydrogens is 434 g/mol. The molecule has 4 aromatic rings. The maximum atomic E-state index is 13.2. The zero-order chi connectivity index (χ0) is 21.1. The van der Waals surface area contributed by atoms with Gasteiger partial charge >= 0.3 is 0 Å². The van der Waals surface area contributed by atoms with Crippen molar-refractivity contribution in [3.8, 4) is 11.3 Å². The van der Waals surface area contributed by atoms with Crippen LogP contribution >= 0.6 is 34.4 Å². The summed E-state index contributed by atoms with van der Waals surface area (Å²) >= 11 is 4.05. The Bertz CT molecular complexity index is 1170. The minimum Gasteiger partial charge on any atom is -0.374 e. The van der Waals surface area contributed by atoms with Gasteiger partial charge in [0.05, 0.1) is 17.1 Å². The zero-order valence-corrected chi connectivity index (χ0v) is 18.9. The molecule has 0 spiro atoms. The van der Waals surface area contributed by atoms with E-state index in [4.69, 9.17) is 10.7 Å². The Morgan fingerprint density at radius 3 is 2.60 bits per heavy atom. The van der Waals surface area contributed by atoms with E-state index in [1.54, 1.807) is 4.90 Å². The Morgan fingerprint density at radius 2 is 1.90 bits per heavy atom. The van der Waals surface area contributed by atoms with Gasteiger partial charge in [0.25, 0.3) is 0 Å². The number of hydrogen-bond acceptors (Lipinski definition) is 8. The van der Waals surface area contributed by atoms with Crippen molar-refractivity contribution in [3.05, 3.63) is 65.0 Å². The third-order valence-corrected chi connectivity index (χ3v) is 6.98. The molecule has 2 N–H and O–H groups in total. The first kappa shape index (κ1) is 20.5. The van der Waals surface area contributed by atoms with Crippen LogP contribution in [0.2, 0.25) is 0 Å². The summed E-state index contributed by atoms with van der Waals surface area (Å²) in [6, 6.07) is 16.1. The minimum absolute atomic E-state index is 0.0795. The van der Waals surface area contributed by atoms with Crippen molar-refractivity contribution in [2.45, 2.75) is 18.2 Å². The van der Waals surface area contributed by atoms with E-state index in [1.165, 1.54) is 40.0 Å². The number of carbonyl (C=O) groups excluding carboxylic acids is 1. The fourth-order valence-corrected chi connectivity index (χ4v) is 5.17. The van der Waals surface area contributed by atoms with Gasteiger partial charge in [0.2, 0.25) is 11.0 Å². The highest BCUT2D eigenvalue weighted by molar-refractivity contribution is 8.01. The Hall–Kier alpha value is -2.75. The second-order valence-corrected chi connectivity index (χ2v) is 9.71. The molecule has 0 fully saturated rings. The minimum atomic E-state index is -0.0795. The lowest BCUT2D eigenvalue weighted by Crippen LogP contribution is -2.27. The van der Waals surface area contributed by atoms with E-state index in [9.17, 15) is 4.79 Å². The summed E-state index contributed by atoms with van der Waals surface area (Å²) in [6.07, 6.45) is 0. The van der Waals surface area contributed by atoms with E-state index in [0.29, 0.717) is 14.6 Å². The van der Waals surface area contributed by atoms with Crippen molar-refractivity contribution in [1.29, 1.82) is 0 Å². The van der Waals surface area contributed by atoms with Gasteiger partial charge in [-0.2, -0.15) is 0 Å². The molecule has 30 heavy (non-hydrogen) atoms. The molecule has 0 saturated carbocycles. The van der Waals surface area contributed by atoms with Crippen molar-refractivity contribution in [1.82, 2.24) is 15.2 Å². The van der Waals surface area contributed by atoms with Gasteiger partial charge in [0.1, 0.15) is 0 Å². The quantitative estimate of drug-likeness (QED) is 0.398. The average Bonchev–Trinajstić information content (AvgIpc) is 3.37. The number of aryl methyl sites for hydroxylation is 2. The number of benzene rings is 2. The second kappa shape index (κ2) is 8.95. The number of amides is 1. The number of rotatable bonds is 6. The first-order valence-corrected chi connectivity index (χ1v) is 11.8. The molecule has 2 aromatic carbocycles.